The summed E-state index contributed by atoms with van der Waals surface area (Å²) in [4.78, 5) is 9.53. The van der Waals surface area contributed by atoms with E-state index in [4.69, 9.17) is 10.9 Å². The Balaban J connectivity index is 3.43. The highest BCUT2D eigenvalue weighted by molar-refractivity contribution is 6.00. The number of hydrogen-bond donors (Lipinski definition) is 2. The Bertz CT molecular complexity index is 485. The van der Waals surface area contributed by atoms with Crippen molar-refractivity contribution in [2.45, 2.75) is 6.18 Å². The van der Waals surface area contributed by atoms with Crippen LogP contribution in [0.4, 0.5) is 18.9 Å². The number of rotatable bonds is 2. The number of nitrogens with zero attached hydrogens (tertiary/aromatic N) is 2. The van der Waals surface area contributed by atoms with Crippen LogP contribution >= 0.6 is 0 Å². The maximum atomic E-state index is 12.3. The molecule has 0 spiro atoms. The fraction of sp³-hybridized carbons (Fsp3) is 0.125. The van der Waals surface area contributed by atoms with Crippen LogP contribution in [0.3, 0.4) is 0 Å². The van der Waals surface area contributed by atoms with Gasteiger partial charge >= 0.3 is 6.18 Å². The number of hydrogen-bond acceptors (Lipinski definition) is 4. The zero-order valence-electron chi connectivity index (χ0n) is 8.10. The van der Waals surface area contributed by atoms with Crippen molar-refractivity contribution in [2.75, 3.05) is 0 Å². The quantitative estimate of drug-likeness (QED) is 0.274. The Morgan fingerprint density at radius 2 is 2.06 bits per heavy atom. The Morgan fingerprint density at radius 1 is 1.47 bits per heavy atom. The van der Waals surface area contributed by atoms with E-state index in [9.17, 15) is 23.3 Å². The average molecular weight is 249 g/mol. The molecule has 0 atom stereocenters. The average Bonchev–Trinajstić information content (AvgIpc) is 2.25. The summed E-state index contributed by atoms with van der Waals surface area (Å²) >= 11 is 0. The molecule has 0 unspecified atom stereocenters. The smallest absolute Gasteiger partial charge is 0.409 e. The highest BCUT2D eigenvalue weighted by atomic mass is 19.4. The molecule has 0 aromatic heterocycles. The third-order valence-corrected chi connectivity index (χ3v) is 1.91. The summed E-state index contributed by atoms with van der Waals surface area (Å²) in [5, 5.41) is 21.4. The molecule has 0 saturated heterocycles. The third-order valence-electron chi connectivity index (χ3n) is 1.91. The molecule has 0 aliphatic carbocycles. The molecule has 0 fully saturated rings. The second kappa shape index (κ2) is 4.28. The molecule has 6 nitrogen and oxygen atoms in total. The molecule has 92 valence electrons. The molecule has 3 N–H and O–H groups in total. The first kappa shape index (κ1) is 12.7. The predicted molar refractivity (Wildman–Crippen MR) is 50.6 cm³/mol. The van der Waals surface area contributed by atoms with Gasteiger partial charge in [0.1, 0.15) is 0 Å². The SMILES string of the molecule is N/C(=N\O)c1ccc(C(F)(F)F)cc1[N+](=O)[O-]. The van der Waals surface area contributed by atoms with Gasteiger partial charge in [-0.25, -0.2) is 0 Å². The Morgan fingerprint density at radius 3 is 2.47 bits per heavy atom. The highest BCUT2D eigenvalue weighted by Gasteiger charge is 2.33. The maximum absolute atomic E-state index is 12.3. The van der Waals surface area contributed by atoms with Gasteiger partial charge in [0.05, 0.1) is 16.1 Å². The Labute approximate surface area is 92.3 Å². The lowest BCUT2D eigenvalue weighted by Gasteiger charge is -2.07. The van der Waals surface area contributed by atoms with E-state index in [1.165, 1.54) is 0 Å². The van der Waals surface area contributed by atoms with E-state index < -0.39 is 28.2 Å². The van der Waals surface area contributed by atoms with Crippen LogP contribution in [0.2, 0.25) is 0 Å². The van der Waals surface area contributed by atoms with Crippen molar-refractivity contribution in [2.24, 2.45) is 10.9 Å². The number of benzene rings is 1. The van der Waals surface area contributed by atoms with Gasteiger partial charge in [0, 0.05) is 6.07 Å². The monoisotopic (exact) mass is 249 g/mol. The molecular formula is C8H6F3N3O3. The maximum Gasteiger partial charge on any atom is 0.416 e. The van der Waals surface area contributed by atoms with Crippen LogP contribution in [0.15, 0.2) is 23.4 Å². The summed E-state index contributed by atoms with van der Waals surface area (Å²) < 4.78 is 36.9. The van der Waals surface area contributed by atoms with E-state index in [-0.39, 0.29) is 5.56 Å². The second-order valence-corrected chi connectivity index (χ2v) is 2.97. The van der Waals surface area contributed by atoms with Crippen molar-refractivity contribution in [1.29, 1.82) is 0 Å². The molecular weight excluding hydrogens is 243 g/mol. The summed E-state index contributed by atoms with van der Waals surface area (Å²) in [6.45, 7) is 0. The van der Waals surface area contributed by atoms with Gasteiger partial charge in [0.2, 0.25) is 0 Å². The van der Waals surface area contributed by atoms with Crippen molar-refractivity contribution < 1.29 is 23.3 Å². The van der Waals surface area contributed by atoms with Gasteiger partial charge in [0.15, 0.2) is 5.84 Å². The van der Waals surface area contributed by atoms with Crippen LogP contribution in [0.25, 0.3) is 0 Å². The Hall–Kier alpha value is -2.32. The van der Waals surface area contributed by atoms with Gasteiger partial charge in [-0.3, -0.25) is 10.1 Å². The lowest BCUT2D eigenvalue weighted by atomic mass is 10.1. The number of halogens is 3. The summed E-state index contributed by atoms with van der Waals surface area (Å²) in [6, 6.07) is 1.71. The predicted octanol–water partition coefficient (Wildman–Crippen LogP) is 1.71. The van der Waals surface area contributed by atoms with Crippen molar-refractivity contribution in [1.82, 2.24) is 0 Å². The zero-order valence-corrected chi connectivity index (χ0v) is 8.10. The highest BCUT2D eigenvalue weighted by Crippen LogP contribution is 2.32. The number of amidine groups is 1. The van der Waals surface area contributed by atoms with E-state index in [0.717, 1.165) is 6.07 Å². The topological polar surface area (TPSA) is 102 Å². The first-order valence-corrected chi connectivity index (χ1v) is 4.11. The molecule has 0 amide bonds. The third kappa shape index (κ3) is 2.62. The Kier molecular flexibility index (Phi) is 3.21. The van der Waals surface area contributed by atoms with Gasteiger partial charge in [-0.15, -0.1) is 0 Å². The van der Waals surface area contributed by atoms with Gasteiger partial charge in [-0.1, -0.05) is 5.16 Å². The van der Waals surface area contributed by atoms with Crippen LogP contribution in [0.1, 0.15) is 11.1 Å². The van der Waals surface area contributed by atoms with E-state index in [1.54, 1.807) is 0 Å². The minimum Gasteiger partial charge on any atom is -0.409 e. The van der Waals surface area contributed by atoms with E-state index in [2.05, 4.69) is 5.16 Å². The fourth-order valence-corrected chi connectivity index (χ4v) is 1.13. The first-order valence-electron chi connectivity index (χ1n) is 4.11. The number of nitrogens with two attached hydrogens (primary N) is 1. The standard InChI is InChI=1S/C8H6F3N3O3/c9-8(10,11)4-1-2-5(7(12)13-15)6(3-4)14(16)17/h1-3,15H,(H2,12,13). The van der Waals surface area contributed by atoms with Gasteiger partial charge in [-0.05, 0) is 12.1 Å². The van der Waals surface area contributed by atoms with Crippen LogP contribution in [-0.4, -0.2) is 16.0 Å². The normalized spacial score (nSPS) is 12.5. The molecule has 0 bridgehead atoms. The summed E-state index contributed by atoms with van der Waals surface area (Å²) in [5.41, 5.74) is 2.66. The van der Waals surface area contributed by atoms with E-state index in [0.29, 0.717) is 12.1 Å². The number of nitro benzene ring substituents is 1. The number of nitro groups is 1. The molecule has 0 aliphatic rings. The summed E-state index contributed by atoms with van der Waals surface area (Å²) in [5.74, 6) is -0.634. The van der Waals surface area contributed by atoms with E-state index in [1.807, 2.05) is 0 Å². The van der Waals surface area contributed by atoms with Crippen LogP contribution in [0.5, 0.6) is 0 Å². The zero-order chi connectivity index (χ0) is 13.2. The van der Waals surface area contributed by atoms with Crippen LogP contribution in [0, 0.1) is 10.1 Å². The minimum atomic E-state index is -4.70. The molecule has 0 radical (unpaired) electrons. The molecule has 1 aromatic carbocycles. The molecule has 1 aromatic rings. The molecule has 0 heterocycles. The van der Waals surface area contributed by atoms with E-state index >= 15 is 0 Å². The van der Waals surface area contributed by atoms with Crippen LogP contribution < -0.4 is 5.73 Å². The van der Waals surface area contributed by atoms with Crippen molar-refractivity contribution in [3.63, 3.8) is 0 Å². The first-order chi connectivity index (χ1) is 7.77. The molecule has 17 heavy (non-hydrogen) atoms. The van der Waals surface area contributed by atoms with Crippen LogP contribution in [-0.2, 0) is 6.18 Å². The second-order valence-electron chi connectivity index (χ2n) is 2.97. The lowest BCUT2D eigenvalue weighted by molar-refractivity contribution is -0.385. The van der Waals surface area contributed by atoms with Gasteiger partial charge in [0.25, 0.3) is 5.69 Å². The molecule has 9 heteroatoms. The number of alkyl halides is 3. The molecule has 0 saturated carbocycles. The number of oxime groups is 1. The van der Waals surface area contributed by atoms with Crippen molar-refractivity contribution in [3.8, 4) is 0 Å². The van der Waals surface area contributed by atoms with Gasteiger partial charge < -0.3 is 10.9 Å². The lowest BCUT2D eigenvalue weighted by Crippen LogP contribution is -2.16. The van der Waals surface area contributed by atoms with Crippen molar-refractivity contribution in [3.05, 3.63) is 39.4 Å². The summed E-state index contributed by atoms with van der Waals surface area (Å²) in [6.07, 6.45) is -4.70. The minimum absolute atomic E-state index is 0.327. The molecule has 0 aliphatic heterocycles. The van der Waals surface area contributed by atoms with Gasteiger partial charge in [-0.2, -0.15) is 13.2 Å². The molecule has 1 rings (SSSR count). The fourth-order valence-electron chi connectivity index (χ4n) is 1.13. The summed E-state index contributed by atoms with van der Waals surface area (Å²) in [7, 11) is 0. The largest absolute Gasteiger partial charge is 0.416 e. The van der Waals surface area contributed by atoms with Crippen molar-refractivity contribution >= 4 is 11.5 Å².